The Labute approximate surface area is 141 Å². The van der Waals surface area contributed by atoms with E-state index in [9.17, 15) is 9.59 Å². The zero-order chi connectivity index (χ0) is 16.4. The van der Waals surface area contributed by atoms with E-state index in [0.29, 0.717) is 44.1 Å². The van der Waals surface area contributed by atoms with E-state index in [1.54, 1.807) is 39.7 Å². The van der Waals surface area contributed by atoms with Crippen LogP contribution in [-0.2, 0) is 4.74 Å². The van der Waals surface area contributed by atoms with Gasteiger partial charge < -0.3 is 14.5 Å². The Hall–Kier alpha value is -2.16. The molecule has 2 aromatic heterocycles. The fraction of sp³-hybridized carbons (Fsp3) is 0.429. The van der Waals surface area contributed by atoms with Crippen molar-refractivity contribution in [3.8, 4) is 0 Å². The Bertz CT molecular complexity index is 739. The fourth-order valence-electron chi connectivity index (χ4n) is 2.43. The summed E-state index contributed by atoms with van der Waals surface area (Å²) in [6, 6.07) is 1.66. The highest BCUT2D eigenvalue weighted by atomic mass is 79.9. The van der Waals surface area contributed by atoms with E-state index in [1.807, 2.05) is 0 Å². The minimum atomic E-state index is -0.332. The number of nitrogens with zero attached hydrogens (tertiary/aromatic N) is 5. The molecule has 0 unspecified atom stereocenters. The second-order valence-corrected chi connectivity index (χ2v) is 6.00. The Kier molecular flexibility index (Phi) is 4.46. The third-order valence-electron chi connectivity index (χ3n) is 3.59. The molecular formula is C14H16BrN5O3. The second-order valence-electron chi connectivity index (χ2n) is 5.08. The molecule has 0 saturated carbocycles. The maximum atomic E-state index is 12.5. The van der Waals surface area contributed by atoms with Gasteiger partial charge in [-0.05, 0) is 22.9 Å². The first kappa shape index (κ1) is 15.7. The normalized spacial score (nSPS) is 15.0. The lowest BCUT2D eigenvalue weighted by molar-refractivity contribution is 0.0565. The lowest BCUT2D eigenvalue weighted by Crippen LogP contribution is -2.50. The van der Waals surface area contributed by atoms with E-state index in [-0.39, 0.29) is 12.0 Å². The SMILES string of the molecule is CCOC(=O)N1CCN(C(=O)c2cc3ncc(Br)cn3n2)CC1. The smallest absolute Gasteiger partial charge is 0.409 e. The molecule has 0 spiro atoms. The first-order valence-corrected chi connectivity index (χ1v) is 8.09. The van der Waals surface area contributed by atoms with Crippen molar-refractivity contribution in [2.45, 2.75) is 6.92 Å². The van der Waals surface area contributed by atoms with Gasteiger partial charge in [-0.2, -0.15) is 5.10 Å². The lowest BCUT2D eigenvalue weighted by Gasteiger charge is -2.33. The first-order valence-electron chi connectivity index (χ1n) is 7.30. The molecule has 0 aliphatic carbocycles. The number of carbonyl (C=O) groups excluding carboxylic acids is 2. The van der Waals surface area contributed by atoms with E-state index < -0.39 is 0 Å². The molecule has 3 heterocycles. The molecule has 0 atom stereocenters. The molecule has 1 aliphatic heterocycles. The summed E-state index contributed by atoms with van der Waals surface area (Å²) in [7, 11) is 0. The Morgan fingerprint density at radius 3 is 2.65 bits per heavy atom. The quantitative estimate of drug-likeness (QED) is 0.785. The van der Waals surface area contributed by atoms with Crippen molar-refractivity contribution in [2.75, 3.05) is 32.8 Å². The Morgan fingerprint density at radius 2 is 1.96 bits per heavy atom. The molecule has 23 heavy (non-hydrogen) atoms. The summed E-state index contributed by atoms with van der Waals surface area (Å²) in [5.41, 5.74) is 0.960. The van der Waals surface area contributed by atoms with Crippen molar-refractivity contribution < 1.29 is 14.3 Å². The molecule has 1 fully saturated rings. The number of hydrogen-bond donors (Lipinski definition) is 0. The predicted molar refractivity (Wildman–Crippen MR) is 85.2 cm³/mol. The van der Waals surface area contributed by atoms with Crippen molar-refractivity contribution >= 4 is 33.6 Å². The number of rotatable bonds is 2. The average Bonchev–Trinajstić information content (AvgIpc) is 2.97. The molecule has 0 radical (unpaired) electrons. The summed E-state index contributed by atoms with van der Waals surface area (Å²) in [5.74, 6) is -0.157. The van der Waals surface area contributed by atoms with Crippen LogP contribution in [0.5, 0.6) is 0 Å². The van der Waals surface area contributed by atoms with Crippen LogP contribution in [0.3, 0.4) is 0 Å². The third kappa shape index (κ3) is 3.29. The van der Waals surface area contributed by atoms with Crippen LogP contribution in [-0.4, -0.2) is 69.2 Å². The molecule has 9 heteroatoms. The van der Waals surface area contributed by atoms with Gasteiger partial charge in [0.1, 0.15) is 0 Å². The monoisotopic (exact) mass is 381 g/mol. The van der Waals surface area contributed by atoms with E-state index >= 15 is 0 Å². The van der Waals surface area contributed by atoms with Crippen molar-refractivity contribution in [3.63, 3.8) is 0 Å². The number of aromatic nitrogens is 3. The molecule has 0 bridgehead atoms. The minimum Gasteiger partial charge on any atom is -0.450 e. The standard InChI is InChI=1S/C14H16BrN5O3/c1-2-23-14(22)19-5-3-18(4-6-19)13(21)11-7-12-16-8-10(15)9-20(12)17-11/h7-9H,2-6H2,1H3. The van der Waals surface area contributed by atoms with E-state index in [2.05, 4.69) is 26.0 Å². The van der Waals surface area contributed by atoms with Gasteiger partial charge in [0.05, 0.1) is 11.1 Å². The molecule has 0 N–H and O–H groups in total. The lowest BCUT2D eigenvalue weighted by atomic mass is 10.3. The second kappa shape index (κ2) is 6.53. The number of ether oxygens (including phenoxy) is 1. The van der Waals surface area contributed by atoms with Crippen LogP contribution >= 0.6 is 15.9 Å². The van der Waals surface area contributed by atoms with Crippen molar-refractivity contribution in [1.29, 1.82) is 0 Å². The predicted octanol–water partition coefficient (Wildman–Crippen LogP) is 1.41. The summed E-state index contributed by atoms with van der Waals surface area (Å²) in [4.78, 5) is 31.7. The van der Waals surface area contributed by atoms with Crippen LogP contribution in [0.25, 0.3) is 5.65 Å². The Balaban J connectivity index is 1.67. The molecule has 1 aliphatic rings. The first-order chi connectivity index (χ1) is 11.1. The van der Waals surface area contributed by atoms with Crippen LogP contribution in [0.4, 0.5) is 4.79 Å². The topological polar surface area (TPSA) is 80.0 Å². The average molecular weight is 382 g/mol. The van der Waals surface area contributed by atoms with Crippen LogP contribution in [0.2, 0.25) is 0 Å². The number of hydrogen-bond acceptors (Lipinski definition) is 5. The van der Waals surface area contributed by atoms with Crippen LogP contribution in [0.15, 0.2) is 22.9 Å². The summed E-state index contributed by atoms with van der Waals surface area (Å²) >= 11 is 3.32. The van der Waals surface area contributed by atoms with Gasteiger partial charge in [-0.3, -0.25) is 4.79 Å². The van der Waals surface area contributed by atoms with Gasteiger partial charge in [-0.25, -0.2) is 14.3 Å². The van der Waals surface area contributed by atoms with Gasteiger partial charge in [-0.15, -0.1) is 0 Å². The molecule has 3 rings (SSSR count). The van der Waals surface area contributed by atoms with E-state index in [0.717, 1.165) is 4.47 Å². The largest absolute Gasteiger partial charge is 0.450 e. The highest BCUT2D eigenvalue weighted by molar-refractivity contribution is 9.10. The summed E-state index contributed by atoms with van der Waals surface area (Å²) in [6.45, 7) is 3.96. The summed E-state index contributed by atoms with van der Waals surface area (Å²) < 4.78 is 7.32. The minimum absolute atomic E-state index is 0.157. The Morgan fingerprint density at radius 1 is 1.26 bits per heavy atom. The van der Waals surface area contributed by atoms with E-state index in [4.69, 9.17) is 4.74 Å². The van der Waals surface area contributed by atoms with Crippen molar-refractivity contribution in [1.82, 2.24) is 24.4 Å². The molecule has 2 aromatic rings. The number of carbonyl (C=O) groups is 2. The van der Waals surface area contributed by atoms with Crippen LogP contribution < -0.4 is 0 Å². The maximum absolute atomic E-state index is 12.5. The summed E-state index contributed by atoms with van der Waals surface area (Å²) in [5, 5.41) is 4.26. The van der Waals surface area contributed by atoms with Gasteiger partial charge in [0.25, 0.3) is 5.91 Å². The van der Waals surface area contributed by atoms with Gasteiger partial charge >= 0.3 is 6.09 Å². The molecule has 1 saturated heterocycles. The van der Waals surface area contributed by atoms with Gasteiger partial charge in [0.2, 0.25) is 0 Å². The van der Waals surface area contributed by atoms with Gasteiger partial charge in [-0.1, -0.05) is 0 Å². The van der Waals surface area contributed by atoms with Crippen LogP contribution in [0, 0.1) is 0 Å². The van der Waals surface area contributed by atoms with Gasteiger partial charge in [0.15, 0.2) is 11.3 Å². The van der Waals surface area contributed by atoms with Crippen molar-refractivity contribution in [2.24, 2.45) is 0 Å². The highest BCUT2D eigenvalue weighted by Crippen LogP contribution is 2.13. The van der Waals surface area contributed by atoms with Crippen molar-refractivity contribution in [3.05, 3.63) is 28.6 Å². The van der Waals surface area contributed by atoms with Crippen LogP contribution in [0.1, 0.15) is 17.4 Å². The summed E-state index contributed by atoms with van der Waals surface area (Å²) in [6.07, 6.45) is 3.07. The number of fused-ring (bicyclic) bond motifs is 1. The van der Waals surface area contributed by atoms with Gasteiger partial charge in [0, 0.05) is 44.6 Å². The third-order valence-corrected chi connectivity index (χ3v) is 4.00. The zero-order valence-electron chi connectivity index (χ0n) is 12.6. The number of piperazine rings is 1. The maximum Gasteiger partial charge on any atom is 0.409 e. The number of halogens is 1. The highest BCUT2D eigenvalue weighted by Gasteiger charge is 2.26. The molecule has 2 amide bonds. The fourth-order valence-corrected chi connectivity index (χ4v) is 2.72. The molecule has 8 nitrogen and oxygen atoms in total. The zero-order valence-corrected chi connectivity index (χ0v) is 14.2. The molecular weight excluding hydrogens is 366 g/mol. The molecule has 0 aromatic carbocycles. The number of amides is 2. The van der Waals surface area contributed by atoms with E-state index in [1.165, 1.54) is 0 Å². The molecule has 122 valence electrons.